The lowest BCUT2D eigenvalue weighted by atomic mass is 10.2. The Morgan fingerprint density at radius 2 is 1.79 bits per heavy atom. The number of nitrogens with zero attached hydrogens (tertiary/aromatic N) is 1. The van der Waals surface area contributed by atoms with Gasteiger partial charge < -0.3 is 15.4 Å². The molecule has 0 saturated heterocycles. The Bertz CT molecular complexity index is 809. The van der Waals surface area contributed by atoms with Crippen LogP contribution in [0.25, 0.3) is 0 Å². The lowest BCUT2D eigenvalue weighted by molar-refractivity contribution is -0.383. The maximum absolute atomic E-state index is 11.9. The van der Waals surface area contributed by atoms with E-state index in [2.05, 4.69) is 10.6 Å². The molecule has 0 saturated carbocycles. The molecule has 2 aromatic rings. The standard InChI is InChI=1S/C15H12ClN3O5/c1-24-13-7-6-9(8-10(13)16)17-14(20)15(21)18-11-4-2-3-5-12(11)19(22)23/h2-8H,1H3,(H,17,20)(H,18,21). The van der Waals surface area contributed by atoms with E-state index in [-0.39, 0.29) is 22.1 Å². The molecule has 9 heteroatoms. The molecular weight excluding hydrogens is 338 g/mol. The Kier molecular flexibility index (Phi) is 5.33. The zero-order valence-electron chi connectivity index (χ0n) is 12.4. The minimum atomic E-state index is -1.05. The maximum atomic E-state index is 11.9. The highest BCUT2D eigenvalue weighted by molar-refractivity contribution is 6.44. The summed E-state index contributed by atoms with van der Waals surface area (Å²) in [6.45, 7) is 0. The molecule has 2 amide bonds. The van der Waals surface area contributed by atoms with Gasteiger partial charge in [0, 0.05) is 11.8 Å². The topological polar surface area (TPSA) is 111 Å². The molecule has 0 radical (unpaired) electrons. The van der Waals surface area contributed by atoms with Crippen molar-refractivity contribution < 1.29 is 19.2 Å². The molecule has 0 fully saturated rings. The van der Waals surface area contributed by atoms with Crippen LogP contribution >= 0.6 is 11.6 Å². The van der Waals surface area contributed by atoms with E-state index in [4.69, 9.17) is 16.3 Å². The molecule has 2 aromatic carbocycles. The first-order valence-corrected chi connectivity index (χ1v) is 6.99. The molecule has 0 aromatic heterocycles. The van der Waals surface area contributed by atoms with Crippen molar-refractivity contribution in [3.63, 3.8) is 0 Å². The second-order valence-electron chi connectivity index (χ2n) is 4.53. The van der Waals surface area contributed by atoms with Gasteiger partial charge in [-0.25, -0.2) is 0 Å². The maximum Gasteiger partial charge on any atom is 0.314 e. The molecule has 2 N–H and O–H groups in total. The predicted molar refractivity (Wildman–Crippen MR) is 88.4 cm³/mol. The summed E-state index contributed by atoms with van der Waals surface area (Å²) >= 11 is 5.93. The van der Waals surface area contributed by atoms with Gasteiger partial charge in [0.2, 0.25) is 0 Å². The lowest BCUT2D eigenvalue weighted by Crippen LogP contribution is -2.29. The smallest absolute Gasteiger partial charge is 0.314 e. The minimum Gasteiger partial charge on any atom is -0.495 e. The van der Waals surface area contributed by atoms with Crippen molar-refractivity contribution in [2.75, 3.05) is 17.7 Å². The molecule has 0 atom stereocenters. The number of benzene rings is 2. The summed E-state index contributed by atoms with van der Waals surface area (Å²) in [6, 6.07) is 9.94. The third-order valence-electron chi connectivity index (χ3n) is 2.96. The second kappa shape index (κ2) is 7.42. The molecular formula is C15H12ClN3O5. The van der Waals surface area contributed by atoms with Crippen LogP contribution in [0.3, 0.4) is 0 Å². The number of nitrogens with one attached hydrogen (secondary N) is 2. The van der Waals surface area contributed by atoms with Crippen LogP contribution in [0.15, 0.2) is 42.5 Å². The molecule has 0 aliphatic heterocycles. The Labute approximate surface area is 141 Å². The summed E-state index contributed by atoms with van der Waals surface area (Å²) in [5, 5.41) is 15.7. The highest BCUT2D eigenvalue weighted by atomic mass is 35.5. The van der Waals surface area contributed by atoms with E-state index < -0.39 is 16.7 Å². The first kappa shape index (κ1) is 17.2. The van der Waals surface area contributed by atoms with Crippen LogP contribution in [0.2, 0.25) is 5.02 Å². The van der Waals surface area contributed by atoms with Crippen LogP contribution in [0, 0.1) is 10.1 Å². The van der Waals surface area contributed by atoms with Gasteiger partial charge in [-0.2, -0.15) is 0 Å². The summed E-state index contributed by atoms with van der Waals surface area (Å²) < 4.78 is 4.98. The van der Waals surface area contributed by atoms with Gasteiger partial charge in [0.25, 0.3) is 5.69 Å². The molecule has 0 aliphatic rings. The van der Waals surface area contributed by atoms with Crippen molar-refractivity contribution in [1.29, 1.82) is 0 Å². The lowest BCUT2D eigenvalue weighted by Gasteiger charge is -2.08. The first-order chi connectivity index (χ1) is 11.4. The fourth-order valence-corrected chi connectivity index (χ4v) is 2.11. The van der Waals surface area contributed by atoms with Crippen molar-refractivity contribution in [2.24, 2.45) is 0 Å². The number of rotatable bonds is 4. The molecule has 2 rings (SSSR count). The molecule has 0 spiro atoms. The fourth-order valence-electron chi connectivity index (χ4n) is 1.85. The molecule has 24 heavy (non-hydrogen) atoms. The molecule has 0 bridgehead atoms. The average molecular weight is 350 g/mol. The number of hydrogen-bond acceptors (Lipinski definition) is 5. The Balaban J connectivity index is 2.09. The summed E-state index contributed by atoms with van der Waals surface area (Å²) in [4.78, 5) is 34.0. The number of ether oxygens (including phenoxy) is 1. The third-order valence-corrected chi connectivity index (χ3v) is 3.26. The highest BCUT2D eigenvalue weighted by Crippen LogP contribution is 2.27. The van der Waals surface area contributed by atoms with E-state index in [1.54, 1.807) is 0 Å². The summed E-state index contributed by atoms with van der Waals surface area (Å²) in [5.74, 6) is -1.62. The van der Waals surface area contributed by atoms with Crippen LogP contribution < -0.4 is 15.4 Å². The SMILES string of the molecule is COc1ccc(NC(=O)C(=O)Nc2ccccc2[N+](=O)[O-])cc1Cl. The summed E-state index contributed by atoms with van der Waals surface area (Å²) in [5.41, 5.74) is -0.106. The van der Waals surface area contributed by atoms with E-state index in [0.717, 1.165) is 0 Å². The third kappa shape index (κ3) is 3.99. The van der Waals surface area contributed by atoms with Gasteiger partial charge in [0.1, 0.15) is 11.4 Å². The van der Waals surface area contributed by atoms with E-state index in [1.807, 2.05) is 0 Å². The van der Waals surface area contributed by atoms with Crippen molar-refractivity contribution >= 4 is 40.5 Å². The van der Waals surface area contributed by atoms with Crippen molar-refractivity contribution in [3.05, 3.63) is 57.6 Å². The number of methoxy groups -OCH3 is 1. The summed E-state index contributed by atoms with van der Waals surface area (Å²) in [7, 11) is 1.44. The average Bonchev–Trinajstić information content (AvgIpc) is 2.55. The fraction of sp³-hybridized carbons (Fsp3) is 0.0667. The van der Waals surface area contributed by atoms with Crippen LogP contribution in [-0.4, -0.2) is 23.8 Å². The molecule has 0 unspecified atom stereocenters. The second-order valence-corrected chi connectivity index (χ2v) is 4.94. The molecule has 124 valence electrons. The molecule has 8 nitrogen and oxygen atoms in total. The minimum absolute atomic E-state index is 0.0737. The van der Waals surface area contributed by atoms with Crippen LogP contribution in [0.4, 0.5) is 17.1 Å². The Morgan fingerprint density at radius 3 is 2.42 bits per heavy atom. The van der Waals surface area contributed by atoms with Crippen LogP contribution in [0.1, 0.15) is 0 Å². The zero-order chi connectivity index (χ0) is 17.7. The van der Waals surface area contributed by atoms with Crippen LogP contribution in [-0.2, 0) is 9.59 Å². The van der Waals surface area contributed by atoms with Crippen molar-refractivity contribution in [1.82, 2.24) is 0 Å². The first-order valence-electron chi connectivity index (χ1n) is 6.61. The largest absolute Gasteiger partial charge is 0.495 e. The molecule has 0 aliphatic carbocycles. The van der Waals surface area contributed by atoms with E-state index in [9.17, 15) is 19.7 Å². The van der Waals surface area contributed by atoms with Gasteiger partial charge in [-0.1, -0.05) is 23.7 Å². The van der Waals surface area contributed by atoms with Gasteiger partial charge in [-0.3, -0.25) is 19.7 Å². The van der Waals surface area contributed by atoms with Crippen LogP contribution in [0.5, 0.6) is 5.75 Å². The zero-order valence-corrected chi connectivity index (χ0v) is 13.2. The number of nitro benzene ring substituents is 1. The Morgan fingerprint density at radius 1 is 1.12 bits per heavy atom. The summed E-state index contributed by atoms with van der Waals surface area (Å²) in [6.07, 6.45) is 0. The van der Waals surface area contributed by atoms with Gasteiger partial charge in [0.15, 0.2) is 0 Å². The number of amides is 2. The van der Waals surface area contributed by atoms with E-state index in [0.29, 0.717) is 5.75 Å². The van der Waals surface area contributed by atoms with Crippen molar-refractivity contribution in [3.8, 4) is 5.75 Å². The van der Waals surface area contributed by atoms with Gasteiger partial charge in [-0.15, -0.1) is 0 Å². The molecule has 0 heterocycles. The number of nitro groups is 1. The number of carbonyl (C=O) groups is 2. The number of halogens is 1. The normalized spacial score (nSPS) is 9.92. The quantitative estimate of drug-likeness (QED) is 0.501. The number of anilines is 2. The van der Waals surface area contributed by atoms with Gasteiger partial charge in [-0.05, 0) is 24.3 Å². The van der Waals surface area contributed by atoms with E-state index >= 15 is 0 Å². The number of carbonyl (C=O) groups excluding carboxylic acids is 2. The van der Waals surface area contributed by atoms with Gasteiger partial charge >= 0.3 is 11.8 Å². The van der Waals surface area contributed by atoms with Crippen molar-refractivity contribution in [2.45, 2.75) is 0 Å². The highest BCUT2D eigenvalue weighted by Gasteiger charge is 2.19. The Hall–Kier alpha value is -3.13. The number of hydrogen-bond donors (Lipinski definition) is 2. The van der Waals surface area contributed by atoms with E-state index in [1.165, 1.54) is 49.6 Å². The predicted octanol–water partition coefficient (Wildman–Crippen LogP) is 2.83. The number of para-hydroxylation sites is 2. The van der Waals surface area contributed by atoms with Gasteiger partial charge in [0.05, 0.1) is 17.1 Å². The monoisotopic (exact) mass is 349 g/mol.